The summed E-state index contributed by atoms with van der Waals surface area (Å²) in [6.45, 7) is 8.55. The van der Waals surface area contributed by atoms with Gasteiger partial charge in [0.2, 0.25) is 0 Å². The molecule has 0 saturated heterocycles. The molecule has 0 atom stereocenters. The lowest BCUT2D eigenvalue weighted by Crippen LogP contribution is -1.96. The van der Waals surface area contributed by atoms with E-state index in [1.54, 1.807) is 0 Å². The van der Waals surface area contributed by atoms with Crippen molar-refractivity contribution in [3.63, 3.8) is 0 Å². The van der Waals surface area contributed by atoms with E-state index in [2.05, 4.69) is 39.0 Å². The van der Waals surface area contributed by atoms with Crippen molar-refractivity contribution >= 4 is 17.1 Å². The summed E-state index contributed by atoms with van der Waals surface area (Å²) in [5.74, 6) is 0.597. The second-order valence-corrected chi connectivity index (χ2v) is 4.39. The Bertz CT molecular complexity index is 324. The predicted molar refractivity (Wildman–Crippen MR) is 62.6 cm³/mol. The molecule has 0 amide bonds. The third kappa shape index (κ3) is 2.38. The molecule has 1 aromatic rings. The quantitative estimate of drug-likeness (QED) is 0.506. The van der Waals surface area contributed by atoms with E-state index in [1.807, 2.05) is 6.92 Å². The van der Waals surface area contributed by atoms with Crippen LogP contribution in [0.1, 0.15) is 43.4 Å². The van der Waals surface area contributed by atoms with Gasteiger partial charge in [-0.1, -0.05) is 44.3 Å². The van der Waals surface area contributed by atoms with E-state index in [0.717, 1.165) is 4.86 Å². The lowest BCUT2D eigenvalue weighted by molar-refractivity contribution is 0.856. The standard InChI is InChI=1S/C12H16S/c1-8(2)12-6-5-11(10(4)13)7-9(12)3/h5-8H,1-4H3. The van der Waals surface area contributed by atoms with Gasteiger partial charge in [-0.3, -0.25) is 0 Å². The van der Waals surface area contributed by atoms with Crippen LogP contribution in [-0.2, 0) is 0 Å². The average Bonchev–Trinajstić information content (AvgIpc) is 2.03. The molecule has 1 heteroatoms. The van der Waals surface area contributed by atoms with Gasteiger partial charge in [0.05, 0.1) is 0 Å². The smallest absolute Gasteiger partial charge is 0.0193 e. The van der Waals surface area contributed by atoms with Gasteiger partial charge in [0.15, 0.2) is 0 Å². The minimum atomic E-state index is 0.597. The van der Waals surface area contributed by atoms with Crippen molar-refractivity contribution in [2.24, 2.45) is 0 Å². The SMILES string of the molecule is CC(=S)c1ccc(C(C)C)c(C)c1. The summed E-state index contributed by atoms with van der Waals surface area (Å²) in [7, 11) is 0. The Kier molecular flexibility index (Phi) is 3.21. The van der Waals surface area contributed by atoms with Crippen molar-refractivity contribution in [2.45, 2.75) is 33.6 Å². The number of rotatable bonds is 2. The van der Waals surface area contributed by atoms with Crippen LogP contribution in [0.2, 0.25) is 0 Å². The molecule has 0 nitrogen and oxygen atoms in total. The van der Waals surface area contributed by atoms with Gasteiger partial charge in [-0.05, 0) is 36.5 Å². The fraction of sp³-hybridized carbons (Fsp3) is 0.417. The van der Waals surface area contributed by atoms with Crippen molar-refractivity contribution in [1.82, 2.24) is 0 Å². The van der Waals surface area contributed by atoms with Gasteiger partial charge in [0, 0.05) is 4.86 Å². The second kappa shape index (κ2) is 4.01. The normalized spacial score (nSPS) is 10.5. The summed E-state index contributed by atoms with van der Waals surface area (Å²) >= 11 is 5.13. The molecule has 0 aromatic heterocycles. The molecule has 70 valence electrons. The van der Waals surface area contributed by atoms with E-state index in [1.165, 1.54) is 16.7 Å². The van der Waals surface area contributed by atoms with Gasteiger partial charge in [0.25, 0.3) is 0 Å². The molecule has 0 fully saturated rings. The highest BCUT2D eigenvalue weighted by Gasteiger charge is 2.04. The van der Waals surface area contributed by atoms with Crippen molar-refractivity contribution < 1.29 is 0 Å². The summed E-state index contributed by atoms with van der Waals surface area (Å²) in [6, 6.07) is 6.48. The van der Waals surface area contributed by atoms with Crippen LogP contribution in [0.3, 0.4) is 0 Å². The monoisotopic (exact) mass is 192 g/mol. The molecule has 0 unspecified atom stereocenters. The Hall–Kier alpha value is -0.690. The first-order valence-electron chi connectivity index (χ1n) is 4.64. The summed E-state index contributed by atoms with van der Waals surface area (Å²) in [4.78, 5) is 0.971. The lowest BCUT2D eigenvalue weighted by atomic mass is 9.96. The van der Waals surface area contributed by atoms with Gasteiger partial charge in [-0.15, -0.1) is 0 Å². The molecule has 0 spiro atoms. The highest BCUT2D eigenvalue weighted by molar-refractivity contribution is 7.80. The van der Waals surface area contributed by atoms with Gasteiger partial charge in [-0.2, -0.15) is 0 Å². The first-order chi connectivity index (χ1) is 6.02. The van der Waals surface area contributed by atoms with Crippen LogP contribution in [0, 0.1) is 6.92 Å². The van der Waals surface area contributed by atoms with Crippen molar-refractivity contribution in [1.29, 1.82) is 0 Å². The Morgan fingerprint density at radius 2 is 1.92 bits per heavy atom. The Morgan fingerprint density at radius 1 is 1.31 bits per heavy atom. The topological polar surface area (TPSA) is 0 Å². The molecule has 0 aliphatic rings. The summed E-state index contributed by atoms with van der Waals surface area (Å²) in [5, 5.41) is 0. The zero-order valence-electron chi connectivity index (χ0n) is 8.72. The van der Waals surface area contributed by atoms with E-state index in [4.69, 9.17) is 12.2 Å². The first-order valence-corrected chi connectivity index (χ1v) is 5.04. The molecule has 1 rings (SSSR count). The molecule has 0 radical (unpaired) electrons. The maximum absolute atomic E-state index is 5.13. The predicted octanol–water partition coefficient (Wildman–Crippen LogP) is 3.86. The lowest BCUT2D eigenvalue weighted by Gasteiger charge is -2.10. The van der Waals surface area contributed by atoms with Gasteiger partial charge < -0.3 is 0 Å². The van der Waals surface area contributed by atoms with Crippen LogP contribution in [0.25, 0.3) is 0 Å². The molecular weight excluding hydrogens is 176 g/mol. The van der Waals surface area contributed by atoms with Gasteiger partial charge >= 0.3 is 0 Å². The molecule has 1 aromatic carbocycles. The summed E-state index contributed by atoms with van der Waals surface area (Å²) in [5.41, 5.74) is 3.94. The van der Waals surface area contributed by atoms with Crippen LogP contribution >= 0.6 is 12.2 Å². The molecular formula is C12H16S. The highest BCUT2D eigenvalue weighted by atomic mass is 32.1. The molecule has 0 heterocycles. The largest absolute Gasteiger partial charge is 0.0846 e. The van der Waals surface area contributed by atoms with E-state index in [-0.39, 0.29) is 0 Å². The molecule has 0 aliphatic heterocycles. The van der Waals surface area contributed by atoms with Crippen LogP contribution in [0.15, 0.2) is 18.2 Å². The van der Waals surface area contributed by atoms with E-state index < -0.39 is 0 Å². The third-order valence-corrected chi connectivity index (χ3v) is 2.53. The van der Waals surface area contributed by atoms with E-state index in [0.29, 0.717) is 5.92 Å². The minimum Gasteiger partial charge on any atom is -0.0846 e. The van der Waals surface area contributed by atoms with Crippen LogP contribution in [-0.4, -0.2) is 4.86 Å². The summed E-state index contributed by atoms with van der Waals surface area (Å²) < 4.78 is 0. The number of hydrogen-bond donors (Lipinski definition) is 0. The number of benzene rings is 1. The van der Waals surface area contributed by atoms with E-state index >= 15 is 0 Å². The van der Waals surface area contributed by atoms with Crippen LogP contribution in [0.5, 0.6) is 0 Å². The first kappa shape index (κ1) is 10.4. The molecule has 13 heavy (non-hydrogen) atoms. The Labute approximate surface area is 86.0 Å². The molecule has 0 saturated carbocycles. The van der Waals surface area contributed by atoms with Gasteiger partial charge in [0.1, 0.15) is 0 Å². The average molecular weight is 192 g/mol. The second-order valence-electron chi connectivity index (χ2n) is 3.78. The van der Waals surface area contributed by atoms with Crippen molar-refractivity contribution in [3.8, 4) is 0 Å². The highest BCUT2D eigenvalue weighted by Crippen LogP contribution is 2.20. The van der Waals surface area contributed by atoms with Crippen LogP contribution < -0.4 is 0 Å². The molecule has 0 bridgehead atoms. The summed E-state index contributed by atoms with van der Waals surface area (Å²) in [6.07, 6.45) is 0. The third-order valence-electron chi connectivity index (χ3n) is 2.30. The number of aryl methyl sites for hydroxylation is 1. The Morgan fingerprint density at radius 3 is 2.31 bits per heavy atom. The zero-order valence-corrected chi connectivity index (χ0v) is 9.53. The maximum Gasteiger partial charge on any atom is 0.0193 e. The fourth-order valence-corrected chi connectivity index (χ4v) is 1.67. The number of hydrogen-bond acceptors (Lipinski definition) is 1. The van der Waals surface area contributed by atoms with Crippen molar-refractivity contribution in [3.05, 3.63) is 34.9 Å². The minimum absolute atomic E-state index is 0.597. The Balaban J connectivity index is 3.13. The number of thiocarbonyl (C=S) groups is 1. The zero-order chi connectivity index (χ0) is 10.0. The van der Waals surface area contributed by atoms with E-state index in [9.17, 15) is 0 Å². The van der Waals surface area contributed by atoms with Gasteiger partial charge in [-0.25, -0.2) is 0 Å². The molecule has 0 N–H and O–H groups in total. The van der Waals surface area contributed by atoms with Crippen LogP contribution in [0.4, 0.5) is 0 Å². The van der Waals surface area contributed by atoms with Crippen molar-refractivity contribution in [2.75, 3.05) is 0 Å². The molecule has 0 aliphatic carbocycles. The maximum atomic E-state index is 5.13. The fourth-order valence-electron chi connectivity index (χ4n) is 1.54.